The lowest BCUT2D eigenvalue weighted by Gasteiger charge is -2.35. The van der Waals surface area contributed by atoms with E-state index in [0.717, 1.165) is 16.5 Å². The number of aromatic amines is 1. The monoisotopic (exact) mass is 372 g/mol. The molecule has 3 heterocycles. The Morgan fingerprint density at radius 3 is 2.96 bits per heavy atom. The summed E-state index contributed by atoms with van der Waals surface area (Å²) in [6.45, 7) is 2.83. The fourth-order valence-corrected chi connectivity index (χ4v) is 4.96. The predicted octanol–water partition coefficient (Wildman–Crippen LogP) is 2.00. The fourth-order valence-electron chi connectivity index (χ4n) is 3.47. The number of H-pyrrole nitrogens is 1. The first kappa shape index (κ1) is 16.8. The number of fused-ring (bicyclic) bond motifs is 1. The van der Waals surface area contributed by atoms with E-state index in [1.54, 1.807) is 28.0 Å². The van der Waals surface area contributed by atoms with Gasteiger partial charge in [0.05, 0.1) is 34.8 Å². The van der Waals surface area contributed by atoms with Crippen LogP contribution >= 0.6 is 0 Å². The van der Waals surface area contributed by atoms with Crippen LogP contribution in [-0.2, 0) is 16.4 Å². The van der Waals surface area contributed by atoms with Crippen molar-refractivity contribution in [2.45, 2.75) is 19.5 Å². The number of aromatic nitrogens is 3. The summed E-state index contributed by atoms with van der Waals surface area (Å²) in [6, 6.07) is 6.94. The molecule has 1 atom stereocenters. The first-order chi connectivity index (χ1) is 12.5. The maximum atomic E-state index is 13.3. The molecule has 1 unspecified atom stereocenters. The number of para-hydroxylation sites is 1. The van der Waals surface area contributed by atoms with E-state index >= 15 is 0 Å². The van der Waals surface area contributed by atoms with Crippen molar-refractivity contribution in [3.8, 4) is 0 Å². The van der Waals surface area contributed by atoms with Crippen molar-refractivity contribution in [1.82, 2.24) is 19.7 Å². The van der Waals surface area contributed by atoms with Crippen LogP contribution in [0.5, 0.6) is 0 Å². The highest BCUT2D eigenvalue weighted by molar-refractivity contribution is 7.91. The summed E-state index contributed by atoms with van der Waals surface area (Å²) in [4.78, 5) is 18.0. The summed E-state index contributed by atoms with van der Waals surface area (Å²) in [6.07, 6.45) is 5.27. The molecule has 8 heteroatoms. The van der Waals surface area contributed by atoms with E-state index in [4.69, 9.17) is 0 Å². The lowest BCUT2D eigenvalue weighted by atomic mass is 10.1. The zero-order valence-electron chi connectivity index (χ0n) is 14.4. The molecule has 1 aromatic carbocycles. The van der Waals surface area contributed by atoms with Gasteiger partial charge >= 0.3 is 0 Å². The fraction of sp³-hybridized carbons (Fsp3) is 0.333. The lowest BCUT2D eigenvalue weighted by Crippen LogP contribution is -2.46. The first-order valence-electron chi connectivity index (χ1n) is 8.58. The Morgan fingerprint density at radius 1 is 1.35 bits per heavy atom. The topological polar surface area (TPSA) is 88.1 Å². The second kappa shape index (κ2) is 6.28. The van der Waals surface area contributed by atoms with Crippen LogP contribution in [0.25, 0.3) is 10.9 Å². The molecular formula is C18H20N4O3S. The number of hydrogen-bond donors (Lipinski definition) is 1. The number of sulfone groups is 1. The van der Waals surface area contributed by atoms with Gasteiger partial charge in [0.25, 0.3) is 5.91 Å². The zero-order valence-corrected chi connectivity index (χ0v) is 15.2. The van der Waals surface area contributed by atoms with Crippen LogP contribution in [0.1, 0.15) is 28.9 Å². The van der Waals surface area contributed by atoms with Gasteiger partial charge in [0.1, 0.15) is 0 Å². The molecule has 26 heavy (non-hydrogen) atoms. The van der Waals surface area contributed by atoms with E-state index in [1.165, 1.54) is 0 Å². The normalized spacial score (nSPS) is 19.7. The van der Waals surface area contributed by atoms with Gasteiger partial charge in [-0.05, 0) is 19.1 Å². The number of aryl methyl sites for hydroxylation is 1. The Labute approximate surface area is 151 Å². The van der Waals surface area contributed by atoms with Crippen molar-refractivity contribution in [3.05, 3.63) is 54.0 Å². The summed E-state index contributed by atoms with van der Waals surface area (Å²) >= 11 is 0. The summed E-state index contributed by atoms with van der Waals surface area (Å²) in [5.41, 5.74) is 2.08. The standard InChI is InChI=1S/C18H20N4O3S/c1-2-21-11-14(10-20-21)16-12-26(24,25)9-8-22(16)18(23)15-5-3-4-13-6-7-19-17(13)15/h3-7,10-11,16,19H,2,8-9,12H2,1H3. The number of rotatable bonds is 3. The quantitative estimate of drug-likeness (QED) is 0.762. The second-order valence-electron chi connectivity index (χ2n) is 6.51. The highest BCUT2D eigenvalue weighted by Crippen LogP contribution is 2.29. The van der Waals surface area contributed by atoms with Gasteiger partial charge in [-0.3, -0.25) is 9.48 Å². The summed E-state index contributed by atoms with van der Waals surface area (Å²) in [5.74, 6) is -0.255. The van der Waals surface area contributed by atoms with Crippen LogP contribution in [0.15, 0.2) is 42.9 Å². The largest absolute Gasteiger partial charge is 0.361 e. The van der Waals surface area contributed by atoms with Gasteiger partial charge in [0.2, 0.25) is 0 Å². The number of benzene rings is 1. The third kappa shape index (κ3) is 2.90. The van der Waals surface area contributed by atoms with Crippen LogP contribution in [0, 0.1) is 0 Å². The van der Waals surface area contributed by atoms with Crippen LogP contribution in [-0.4, -0.2) is 52.0 Å². The molecular weight excluding hydrogens is 352 g/mol. The molecule has 3 aromatic rings. The molecule has 0 bridgehead atoms. The van der Waals surface area contributed by atoms with Crippen molar-refractivity contribution in [1.29, 1.82) is 0 Å². The number of carbonyl (C=O) groups is 1. The number of nitrogens with one attached hydrogen (secondary N) is 1. The number of nitrogens with zero attached hydrogens (tertiary/aromatic N) is 3. The molecule has 1 saturated heterocycles. The molecule has 0 aliphatic carbocycles. The maximum absolute atomic E-state index is 13.3. The van der Waals surface area contributed by atoms with E-state index in [1.807, 2.05) is 31.3 Å². The van der Waals surface area contributed by atoms with Crippen molar-refractivity contribution in [2.75, 3.05) is 18.1 Å². The van der Waals surface area contributed by atoms with Crippen molar-refractivity contribution in [3.63, 3.8) is 0 Å². The molecule has 7 nitrogen and oxygen atoms in total. The minimum atomic E-state index is -3.20. The molecule has 136 valence electrons. The van der Waals surface area contributed by atoms with E-state index in [0.29, 0.717) is 12.1 Å². The van der Waals surface area contributed by atoms with Crippen LogP contribution < -0.4 is 0 Å². The van der Waals surface area contributed by atoms with E-state index in [-0.39, 0.29) is 24.0 Å². The second-order valence-corrected chi connectivity index (χ2v) is 8.73. The molecule has 0 radical (unpaired) electrons. The zero-order chi connectivity index (χ0) is 18.3. The van der Waals surface area contributed by atoms with Gasteiger partial charge in [0.15, 0.2) is 9.84 Å². The average molecular weight is 372 g/mol. The minimum absolute atomic E-state index is 0.0160. The maximum Gasteiger partial charge on any atom is 0.256 e. The van der Waals surface area contributed by atoms with Gasteiger partial charge in [0, 0.05) is 36.4 Å². The van der Waals surface area contributed by atoms with Gasteiger partial charge in [-0.1, -0.05) is 12.1 Å². The average Bonchev–Trinajstić information content (AvgIpc) is 3.29. The summed E-state index contributed by atoms with van der Waals surface area (Å²) < 4.78 is 26.2. The van der Waals surface area contributed by atoms with Gasteiger partial charge in [-0.15, -0.1) is 0 Å². The highest BCUT2D eigenvalue weighted by atomic mass is 32.2. The lowest BCUT2D eigenvalue weighted by molar-refractivity contribution is 0.0699. The smallest absolute Gasteiger partial charge is 0.256 e. The summed E-state index contributed by atoms with van der Waals surface area (Å²) in [7, 11) is -3.20. The van der Waals surface area contributed by atoms with Crippen LogP contribution in [0.4, 0.5) is 0 Å². The first-order valence-corrected chi connectivity index (χ1v) is 10.4. The molecule has 0 saturated carbocycles. The Kier molecular flexibility index (Phi) is 4.07. The van der Waals surface area contributed by atoms with E-state index in [2.05, 4.69) is 10.1 Å². The Hall–Kier alpha value is -2.61. The predicted molar refractivity (Wildman–Crippen MR) is 98.6 cm³/mol. The molecule has 1 N–H and O–H groups in total. The van der Waals surface area contributed by atoms with Crippen LogP contribution in [0.3, 0.4) is 0 Å². The molecule has 2 aromatic heterocycles. The minimum Gasteiger partial charge on any atom is -0.361 e. The van der Waals surface area contributed by atoms with Gasteiger partial charge < -0.3 is 9.88 Å². The third-order valence-electron chi connectivity index (χ3n) is 4.87. The van der Waals surface area contributed by atoms with Crippen LogP contribution in [0.2, 0.25) is 0 Å². The van der Waals surface area contributed by atoms with Gasteiger partial charge in [-0.2, -0.15) is 5.10 Å². The number of amides is 1. The summed E-state index contributed by atoms with van der Waals surface area (Å²) in [5, 5.41) is 5.20. The highest BCUT2D eigenvalue weighted by Gasteiger charge is 2.36. The Bertz CT molecular complexity index is 1070. The van der Waals surface area contributed by atoms with Gasteiger partial charge in [-0.25, -0.2) is 8.42 Å². The van der Waals surface area contributed by atoms with Crippen molar-refractivity contribution in [2.24, 2.45) is 0 Å². The number of hydrogen-bond acceptors (Lipinski definition) is 4. The molecule has 0 spiro atoms. The molecule has 1 amide bonds. The Morgan fingerprint density at radius 2 is 2.19 bits per heavy atom. The third-order valence-corrected chi connectivity index (χ3v) is 6.50. The molecule has 1 aliphatic rings. The van der Waals surface area contributed by atoms with Crippen molar-refractivity contribution >= 4 is 26.6 Å². The molecule has 1 fully saturated rings. The molecule has 1 aliphatic heterocycles. The van der Waals surface area contributed by atoms with E-state index in [9.17, 15) is 13.2 Å². The molecule has 4 rings (SSSR count). The van der Waals surface area contributed by atoms with E-state index < -0.39 is 15.9 Å². The number of carbonyl (C=O) groups excluding carboxylic acids is 1. The van der Waals surface area contributed by atoms with Crippen molar-refractivity contribution < 1.29 is 13.2 Å². The SMILES string of the molecule is CCn1cc(C2CS(=O)(=O)CCN2C(=O)c2cccc3cc[nH]c23)cn1. The Balaban J connectivity index is 1.75.